The van der Waals surface area contributed by atoms with Gasteiger partial charge in [-0.2, -0.15) is 0 Å². The van der Waals surface area contributed by atoms with E-state index in [0.717, 1.165) is 0 Å². The zero-order valence-electron chi connectivity index (χ0n) is 8.70. The van der Waals surface area contributed by atoms with Crippen molar-refractivity contribution >= 4 is 11.6 Å². The van der Waals surface area contributed by atoms with E-state index < -0.39 is 0 Å². The van der Waals surface area contributed by atoms with Crippen LogP contribution >= 0.6 is 0 Å². The highest BCUT2D eigenvalue weighted by molar-refractivity contribution is 5.92. The number of carbonyl (C=O) groups excluding carboxylic acids is 1. The maximum atomic E-state index is 12.6. The summed E-state index contributed by atoms with van der Waals surface area (Å²) in [6.45, 7) is 1.55. The minimum absolute atomic E-state index is 0.140. The summed E-state index contributed by atoms with van der Waals surface area (Å²) in [4.78, 5) is 11.4. The highest BCUT2D eigenvalue weighted by Gasteiger charge is 2.18. The van der Waals surface area contributed by atoms with Crippen LogP contribution in [0.15, 0.2) is 24.3 Å². The summed E-state index contributed by atoms with van der Waals surface area (Å²) in [6.07, 6.45) is 0. The molecule has 1 fully saturated rings. The molecule has 0 unspecified atom stereocenters. The van der Waals surface area contributed by atoms with Gasteiger partial charge in [0.1, 0.15) is 5.82 Å². The van der Waals surface area contributed by atoms with Crippen molar-refractivity contribution in [1.82, 2.24) is 5.32 Å². The molecule has 0 aliphatic carbocycles. The van der Waals surface area contributed by atoms with Crippen molar-refractivity contribution in [2.75, 3.05) is 25.1 Å². The van der Waals surface area contributed by atoms with Gasteiger partial charge in [-0.05, 0) is 24.3 Å². The molecule has 5 heteroatoms. The molecule has 4 nitrogen and oxygen atoms in total. The smallest absolute Gasteiger partial charge is 0.238 e. The number of rotatable bonds is 4. The van der Waals surface area contributed by atoms with E-state index in [4.69, 9.17) is 4.74 Å². The van der Waals surface area contributed by atoms with E-state index in [-0.39, 0.29) is 24.3 Å². The van der Waals surface area contributed by atoms with Crippen LogP contribution in [0.3, 0.4) is 0 Å². The van der Waals surface area contributed by atoms with Crippen LogP contribution in [-0.2, 0) is 9.53 Å². The summed E-state index contributed by atoms with van der Waals surface area (Å²) in [5.74, 6) is -0.457. The SMILES string of the molecule is O=C(CNC1COC1)Nc1ccc(F)cc1. The zero-order chi connectivity index (χ0) is 11.4. The van der Waals surface area contributed by atoms with Gasteiger partial charge in [0.15, 0.2) is 0 Å². The first-order chi connectivity index (χ1) is 7.74. The monoisotopic (exact) mass is 224 g/mol. The summed E-state index contributed by atoms with van der Waals surface area (Å²) >= 11 is 0. The van der Waals surface area contributed by atoms with Crippen molar-refractivity contribution in [1.29, 1.82) is 0 Å². The van der Waals surface area contributed by atoms with Crippen molar-refractivity contribution in [2.45, 2.75) is 6.04 Å². The number of carbonyl (C=O) groups is 1. The summed E-state index contributed by atoms with van der Waals surface area (Å²) in [6, 6.07) is 5.95. The molecule has 0 spiro atoms. The lowest BCUT2D eigenvalue weighted by Gasteiger charge is -2.26. The second-order valence-electron chi connectivity index (χ2n) is 3.67. The Hall–Kier alpha value is -1.46. The molecular formula is C11H13FN2O2. The molecule has 1 aromatic carbocycles. The topological polar surface area (TPSA) is 50.4 Å². The fraction of sp³-hybridized carbons (Fsp3) is 0.364. The Morgan fingerprint density at radius 3 is 2.62 bits per heavy atom. The molecule has 0 radical (unpaired) electrons. The highest BCUT2D eigenvalue weighted by Crippen LogP contribution is 2.07. The first kappa shape index (κ1) is 11.0. The van der Waals surface area contributed by atoms with Gasteiger partial charge in [0.05, 0.1) is 25.8 Å². The van der Waals surface area contributed by atoms with E-state index >= 15 is 0 Å². The van der Waals surface area contributed by atoms with Gasteiger partial charge in [-0.25, -0.2) is 4.39 Å². The van der Waals surface area contributed by atoms with E-state index in [9.17, 15) is 9.18 Å². The van der Waals surface area contributed by atoms with Crippen LogP contribution in [0, 0.1) is 5.82 Å². The fourth-order valence-corrected chi connectivity index (χ4v) is 1.33. The molecule has 16 heavy (non-hydrogen) atoms. The Kier molecular flexibility index (Phi) is 3.48. The molecule has 0 atom stereocenters. The van der Waals surface area contributed by atoms with Gasteiger partial charge >= 0.3 is 0 Å². The normalized spacial score (nSPS) is 15.6. The van der Waals surface area contributed by atoms with Gasteiger partial charge < -0.3 is 15.4 Å². The third-order valence-electron chi connectivity index (χ3n) is 2.32. The molecule has 1 aliphatic heterocycles. The summed E-state index contributed by atoms with van der Waals surface area (Å²) in [7, 11) is 0. The van der Waals surface area contributed by atoms with Gasteiger partial charge in [-0.1, -0.05) is 0 Å². The van der Waals surface area contributed by atoms with Crippen molar-refractivity contribution in [3.8, 4) is 0 Å². The number of ether oxygens (including phenoxy) is 1. The molecule has 1 heterocycles. The zero-order valence-corrected chi connectivity index (χ0v) is 8.70. The van der Waals surface area contributed by atoms with Gasteiger partial charge in [-0.15, -0.1) is 0 Å². The maximum Gasteiger partial charge on any atom is 0.238 e. The molecular weight excluding hydrogens is 211 g/mol. The maximum absolute atomic E-state index is 12.6. The predicted molar refractivity (Wildman–Crippen MR) is 57.6 cm³/mol. The quantitative estimate of drug-likeness (QED) is 0.793. The molecule has 2 N–H and O–H groups in total. The van der Waals surface area contributed by atoms with Gasteiger partial charge in [-0.3, -0.25) is 4.79 Å². The molecule has 1 aromatic rings. The summed E-state index contributed by atoms with van der Waals surface area (Å²) in [5.41, 5.74) is 0.595. The van der Waals surface area contributed by atoms with Gasteiger partial charge in [0.2, 0.25) is 5.91 Å². The second-order valence-corrected chi connectivity index (χ2v) is 3.67. The molecule has 0 bridgehead atoms. The third-order valence-corrected chi connectivity index (χ3v) is 2.32. The predicted octanol–water partition coefficient (Wildman–Crippen LogP) is 0.753. The van der Waals surface area contributed by atoms with Crippen LogP contribution in [0.2, 0.25) is 0 Å². The number of hydrogen-bond donors (Lipinski definition) is 2. The first-order valence-electron chi connectivity index (χ1n) is 5.10. The lowest BCUT2D eigenvalue weighted by Crippen LogP contribution is -2.48. The average molecular weight is 224 g/mol. The lowest BCUT2D eigenvalue weighted by atomic mass is 10.2. The number of hydrogen-bond acceptors (Lipinski definition) is 3. The fourth-order valence-electron chi connectivity index (χ4n) is 1.33. The number of nitrogens with one attached hydrogen (secondary N) is 2. The van der Waals surface area contributed by atoms with Crippen molar-refractivity contribution in [2.24, 2.45) is 0 Å². The van der Waals surface area contributed by atoms with Crippen LogP contribution in [0.1, 0.15) is 0 Å². The Morgan fingerprint density at radius 1 is 1.38 bits per heavy atom. The molecule has 1 saturated heterocycles. The number of amides is 1. The van der Waals surface area contributed by atoms with Crippen LogP contribution in [0.25, 0.3) is 0 Å². The summed E-state index contributed by atoms with van der Waals surface area (Å²) < 4.78 is 17.6. The minimum atomic E-state index is -0.317. The molecule has 1 aliphatic rings. The Bertz CT molecular complexity index is 363. The molecule has 1 amide bonds. The second kappa shape index (κ2) is 5.05. The molecule has 0 aromatic heterocycles. The van der Waals surface area contributed by atoms with Gasteiger partial charge in [0, 0.05) is 5.69 Å². The number of benzene rings is 1. The van der Waals surface area contributed by atoms with E-state index in [0.29, 0.717) is 18.9 Å². The Morgan fingerprint density at radius 2 is 2.06 bits per heavy atom. The third kappa shape index (κ3) is 3.01. The average Bonchev–Trinajstić information content (AvgIpc) is 2.19. The largest absolute Gasteiger partial charge is 0.378 e. The van der Waals surface area contributed by atoms with E-state index in [1.807, 2.05) is 0 Å². The van der Waals surface area contributed by atoms with E-state index in [1.165, 1.54) is 24.3 Å². The number of anilines is 1. The molecule has 86 valence electrons. The van der Waals surface area contributed by atoms with Crippen LogP contribution in [0.4, 0.5) is 10.1 Å². The minimum Gasteiger partial charge on any atom is -0.378 e. The molecule has 2 rings (SSSR count). The number of halogens is 1. The van der Waals surface area contributed by atoms with Gasteiger partial charge in [0.25, 0.3) is 0 Å². The van der Waals surface area contributed by atoms with Crippen molar-refractivity contribution < 1.29 is 13.9 Å². The summed E-state index contributed by atoms with van der Waals surface area (Å²) in [5, 5.41) is 5.70. The Balaban J connectivity index is 1.75. The standard InChI is InChI=1S/C11H13FN2O2/c12-8-1-3-9(4-2-8)14-11(15)5-13-10-6-16-7-10/h1-4,10,13H,5-7H2,(H,14,15). The van der Waals surface area contributed by atoms with E-state index in [2.05, 4.69) is 10.6 Å². The van der Waals surface area contributed by atoms with Crippen LogP contribution < -0.4 is 10.6 Å². The highest BCUT2D eigenvalue weighted by atomic mass is 19.1. The molecule has 0 saturated carbocycles. The van der Waals surface area contributed by atoms with E-state index in [1.54, 1.807) is 0 Å². The first-order valence-corrected chi connectivity index (χ1v) is 5.10. The lowest BCUT2D eigenvalue weighted by molar-refractivity contribution is -0.116. The van der Waals surface area contributed by atoms with Crippen LogP contribution in [-0.4, -0.2) is 31.7 Å². The van der Waals surface area contributed by atoms with Crippen LogP contribution in [0.5, 0.6) is 0 Å². The van der Waals surface area contributed by atoms with Crippen molar-refractivity contribution in [3.63, 3.8) is 0 Å². The Labute approximate surface area is 92.8 Å². The van der Waals surface area contributed by atoms with Crippen molar-refractivity contribution in [3.05, 3.63) is 30.1 Å².